The summed E-state index contributed by atoms with van der Waals surface area (Å²) in [5.41, 5.74) is 1.76. The summed E-state index contributed by atoms with van der Waals surface area (Å²) < 4.78 is 31.6. The van der Waals surface area contributed by atoms with Crippen molar-refractivity contribution in [2.75, 3.05) is 12.1 Å². The summed E-state index contributed by atoms with van der Waals surface area (Å²) in [4.78, 5) is 15.9. The molecule has 4 aromatic carbocycles. The third-order valence-electron chi connectivity index (χ3n) is 5.79. The van der Waals surface area contributed by atoms with Crippen LogP contribution in [0.5, 0.6) is 5.75 Å². The van der Waals surface area contributed by atoms with E-state index in [0.717, 1.165) is 21.3 Å². The molecule has 3 N–H and O–H groups in total. The molecule has 0 radical (unpaired) electrons. The number of ether oxygens (including phenoxy) is 1. The second-order valence-electron chi connectivity index (χ2n) is 8.14. The number of hydrogen-bond donors (Lipinski definition) is 3. The number of nitrogens with zero attached hydrogens (tertiary/aromatic N) is 1. The van der Waals surface area contributed by atoms with E-state index in [0.29, 0.717) is 11.3 Å². The summed E-state index contributed by atoms with van der Waals surface area (Å²) >= 11 is 0. The van der Waals surface area contributed by atoms with Gasteiger partial charge in [-0.2, -0.15) is 0 Å². The van der Waals surface area contributed by atoms with Gasteiger partial charge in [0.05, 0.1) is 30.3 Å². The number of rotatable bonds is 8. The maximum absolute atomic E-state index is 13.5. The Hall–Kier alpha value is -3.92. The van der Waals surface area contributed by atoms with Crippen molar-refractivity contribution in [3.05, 3.63) is 102 Å². The molecule has 0 bridgehead atoms. The highest BCUT2D eigenvalue weighted by Crippen LogP contribution is 2.31. The Morgan fingerprint density at radius 3 is 2.19 bits per heavy atom. The molecule has 0 aliphatic rings. The zero-order valence-corrected chi connectivity index (χ0v) is 20.7. The highest BCUT2D eigenvalue weighted by atomic mass is 32.2. The minimum atomic E-state index is -4.06. The lowest BCUT2D eigenvalue weighted by molar-refractivity contribution is 0.242. The monoisotopic (exact) mass is 505 g/mol. The Morgan fingerprint density at radius 2 is 1.56 bits per heavy atom. The number of carbonyl (C=O) groups excluding carboxylic acids is 1. The van der Waals surface area contributed by atoms with Crippen molar-refractivity contribution in [3.63, 3.8) is 0 Å². The van der Waals surface area contributed by atoms with E-state index in [1.807, 2.05) is 43.3 Å². The molecule has 36 heavy (non-hydrogen) atoms. The molecule has 186 valence electrons. The van der Waals surface area contributed by atoms with Gasteiger partial charge in [-0.15, -0.1) is 4.83 Å². The van der Waals surface area contributed by atoms with E-state index in [2.05, 4.69) is 10.1 Å². The standard InChI is InChI=1S/C27H27N3O5S/c1-19(23-16-17-26(35-2)25-11-7-6-10-24(23)25)28-27(32)30(21-14-12-20(18-31)13-15-21)29-36(33,34)22-8-4-3-5-9-22/h3-17,19,29,31H,18H2,1-2H3,(H,28,32). The minimum absolute atomic E-state index is 0.0176. The van der Waals surface area contributed by atoms with Gasteiger partial charge in [-0.1, -0.05) is 60.7 Å². The number of nitrogens with one attached hydrogen (secondary N) is 2. The first-order chi connectivity index (χ1) is 17.3. The largest absolute Gasteiger partial charge is 0.496 e. The van der Waals surface area contributed by atoms with Crippen LogP contribution in [0.15, 0.2) is 95.9 Å². The van der Waals surface area contributed by atoms with Crippen LogP contribution in [-0.4, -0.2) is 26.7 Å². The number of aliphatic hydroxyl groups excluding tert-OH is 1. The number of fused-ring (bicyclic) bond motifs is 1. The van der Waals surface area contributed by atoms with Crippen LogP contribution >= 0.6 is 0 Å². The fraction of sp³-hybridized carbons (Fsp3) is 0.148. The van der Waals surface area contributed by atoms with E-state index >= 15 is 0 Å². The quantitative estimate of drug-likeness (QED) is 0.305. The smallest absolute Gasteiger partial charge is 0.337 e. The molecule has 0 aliphatic carbocycles. The molecule has 0 saturated heterocycles. The van der Waals surface area contributed by atoms with Crippen molar-refractivity contribution >= 4 is 32.5 Å². The molecule has 0 fully saturated rings. The van der Waals surface area contributed by atoms with Gasteiger partial charge >= 0.3 is 6.03 Å². The van der Waals surface area contributed by atoms with Crippen molar-refractivity contribution < 1.29 is 23.1 Å². The third kappa shape index (κ3) is 5.33. The number of amides is 2. The minimum Gasteiger partial charge on any atom is -0.496 e. The van der Waals surface area contributed by atoms with Gasteiger partial charge in [0.15, 0.2) is 0 Å². The molecule has 9 heteroatoms. The van der Waals surface area contributed by atoms with Crippen molar-refractivity contribution in [3.8, 4) is 5.75 Å². The van der Waals surface area contributed by atoms with E-state index in [4.69, 9.17) is 4.74 Å². The molecule has 0 aliphatic heterocycles. The fourth-order valence-electron chi connectivity index (χ4n) is 3.91. The number of hydrogen-bond acceptors (Lipinski definition) is 5. The summed E-state index contributed by atoms with van der Waals surface area (Å²) in [7, 11) is -2.46. The number of benzene rings is 4. The summed E-state index contributed by atoms with van der Waals surface area (Å²) in [6.07, 6.45) is 0. The van der Waals surface area contributed by atoms with E-state index in [9.17, 15) is 18.3 Å². The lowest BCUT2D eigenvalue weighted by Gasteiger charge is -2.26. The first-order valence-corrected chi connectivity index (χ1v) is 12.8. The Kier molecular flexibility index (Phi) is 7.54. The molecule has 0 aromatic heterocycles. The predicted molar refractivity (Wildman–Crippen MR) is 139 cm³/mol. The van der Waals surface area contributed by atoms with Gasteiger partial charge in [0.1, 0.15) is 5.75 Å². The average Bonchev–Trinajstić information content (AvgIpc) is 2.91. The number of carbonyl (C=O) groups is 1. The van der Waals surface area contributed by atoms with Crippen molar-refractivity contribution in [1.82, 2.24) is 10.1 Å². The number of sulfonamides is 1. The van der Waals surface area contributed by atoms with E-state index < -0.39 is 22.1 Å². The van der Waals surface area contributed by atoms with Crippen LogP contribution in [-0.2, 0) is 16.6 Å². The third-order valence-corrected chi connectivity index (χ3v) is 7.11. The number of anilines is 1. The van der Waals surface area contributed by atoms with Gasteiger partial charge in [-0.05, 0) is 53.8 Å². The molecule has 8 nitrogen and oxygen atoms in total. The van der Waals surface area contributed by atoms with Gasteiger partial charge in [0.25, 0.3) is 10.0 Å². The van der Waals surface area contributed by atoms with Gasteiger partial charge in [0, 0.05) is 5.39 Å². The van der Waals surface area contributed by atoms with Crippen LogP contribution in [0.2, 0.25) is 0 Å². The number of methoxy groups -OCH3 is 1. The van der Waals surface area contributed by atoms with Crippen LogP contribution in [0.3, 0.4) is 0 Å². The van der Waals surface area contributed by atoms with Gasteiger partial charge in [-0.3, -0.25) is 0 Å². The van der Waals surface area contributed by atoms with E-state index in [1.54, 1.807) is 49.6 Å². The average molecular weight is 506 g/mol. The number of urea groups is 1. The fourth-order valence-corrected chi connectivity index (χ4v) is 4.96. The van der Waals surface area contributed by atoms with Crippen molar-refractivity contribution in [2.45, 2.75) is 24.5 Å². The Labute approximate surface area is 210 Å². The molecule has 2 amide bonds. The zero-order chi connectivity index (χ0) is 25.7. The predicted octanol–water partition coefficient (Wildman–Crippen LogP) is 4.51. The van der Waals surface area contributed by atoms with Crippen LogP contribution in [0.1, 0.15) is 24.1 Å². The molecule has 0 spiro atoms. The molecule has 1 atom stereocenters. The topological polar surface area (TPSA) is 108 Å². The van der Waals surface area contributed by atoms with Crippen LogP contribution in [0.4, 0.5) is 10.5 Å². The van der Waals surface area contributed by atoms with E-state index in [1.165, 1.54) is 12.1 Å². The van der Waals surface area contributed by atoms with E-state index in [-0.39, 0.29) is 17.2 Å². The van der Waals surface area contributed by atoms with Crippen molar-refractivity contribution in [1.29, 1.82) is 0 Å². The Balaban J connectivity index is 1.67. The molecule has 4 rings (SSSR count). The normalized spacial score (nSPS) is 12.2. The highest BCUT2D eigenvalue weighted by Gasteiger charge is 2.26. The number of hydrazine groups is 1. The molecule has 1 unspecified atom stereocenters. The first-order valence-electron chi connectivity index (χ1n) is 11.3. The lowest BCUT2D eigenvalue weighted by Crippen LogP contribution is -2.51. The summed E-state index contributed by atoms with van der Waals surface area (Å²) in [6.45, 7) is 1.65. The highest BCUT2D eigenvalue weighted by molar-refractivity contribution is 7.89. The first kappa shape index (κ1) is 25.2. The molecule has 4 aromatic rings. The SMILES string of the molecule is COc1ccc(C(C)NC(=O)N(NS(=O)(=O)c2ccccc2)c2ccc(CO)cc2)c2ccccc12. The van der Waals surface area contributed by atoms with Crippen LogP contribution in [0, 0.1) is 0 Å². The summed E-state index contributed by atoms with van der Waals surface area (Å²) in [6, 6.07) is 24.4. The Bertz CT molecular complexity index is 1460. The second-order valence-corrected chi connectivity index (χ2v) is 9.80. The molecular formula is C27H27N3O5S. The maximum Gasteiger partial charge on any atom is 0.337 e. The van der Waals surface area contributed by atoms with Gasteiger partial charge in [-0.25, -0.2) is 18.2 Å². The molecule has 0 heterocycles. The maximum atomic E-state index is 13.5. The lowest BCUT2D eigenvalue weighted by atomic mass is 9.99. The molecule has 0 saturated carbocycles. The second kappa shape index (κ2) is 10.8. The van der Waals surface area contributed by atoms with Gasteiger partial charge in [0.2, 0.25) is 0 Å². The Morgan fingerprint density at radius 1 is 0.917 bits per heavy atom. The van der Waals surface area contributed by atoms with Crippen LogP contribution < -0.4 is 19.9 Å². The summed E-state index contributed by atoms with van der Waals surface area (Å²) in [5, 5.41) is 15.0. The molecular weight excluding hydrogens is 478 g/mol. The van der Waals surface area contributed by atoms with Crippen LogP contribution in [0.25, 0.3) is 10.8 Å². The van der Waals surface area contributed by atoms with Gasteiger partial charge < -0.3 is 15.2 Å². The van der Waals surface area contributed by atoms with Crippen molar-refractivity contribution in [2.24, 2.45) is 0 Å². The zero-order valence-electron chi connectivity index (χ0n) is 19.9. The number of aliphatic hydroxyl groups is 1. The summed E-state index contributed by atoms with van der Waals surface area (Å²) in [5.74, 6) is 0.717.